The molecule has 0 aliphatic heterocycles. The lowest BCUT2D eigenvalue weighted by Gasteiger charge is -2.05. The van der Waals surface area contributed by atoms with Crippen LogP contribution >= 0.6 is 7.80 Å². The molecule has 0 spiro atoms. The van der Waals surface area contributed by atoms with Crippen LogP contribution in [0.1, 0.15) is 12.5 Å². The van der Waals surface area contributed by atoms with Crippen molar-refractivity contribution < 1.29 is 4.57 Å². The summed E-state index contributed by atoms with van der Waals surface area (Å²) < 4.78 is 12.6. The maximum Gasteiger partial charge on any atom is 0.142 e. The normalized spacial score (nSPS) is 12.8. The number of pyridine rings is 1. The molecule has 3 nitrogen and oxygen atoms in total. The lowest BCUT2D eigenvalue weighted by molar-refractivity contribution is 0.593. The van der Waals surface area contributed by atoms with Crippen molar-refractivity contribution in [3.63, 3.8) is 0 Å². The Hall–Kier alpha value is -2.51. The number of hydrogen-bond donors (Lipinski definition) is 0. The second-order valence-electron chi connectivity index (χ2n) is 5.46. The molecule has 0 N–H and O–H groups in total. The van der Waals surface area contributed by atoms with Gasteiger partial charge in [0.05, 0.1) is 17.4 Å². The summed E-state index contributed by atoms with van der Waals surface area (Å²) in [7, 11) is -2.05. The molecular formula is C20H19N2OP. The molecule has 0 bridgehead atoms. The maximum absolute atomic E-state index is 12.6. The van der Waals surface area contributed by atoms with Gasteiger partial charge in [-0.1, -0.05) is 66.7 Å². The highest BCUT2D eigenvalue weighted by Crippen LogP contribution is 2.22. The number of hydrogen-bond acceptors (Lipinski definition) is 3. The zero-order valence-corrected chi connectivity index (χ0v) is 14.5. The fourth-order valence-corrected chi connectivity index (χ4v) is 3.47. The Morgan fingerprint density at radius 2 is 1.58 bits per heavy atom. The van der Waals surface area contributed by atoms with Gasteiger partial charge in [0.25, 0.3) is 0 Å². The molecule has 0 aliphatic rings. The molecule has 1 atom stereocenters. The second-order valence-corrected chi connectivity index (χ2v) is 7.14. The number of nitrogens with zero attached hydrogens (tertiary/aromatic N) is 2. The van der Waals surface area contributed by atoms with E-state index >= 15 is 0 Å². The first-order chi connectivity index (χ1) is 11.7. The van der Waals surface area contributed by atoms with E-state index in [0.717, 1.165) is 22.5 Å². The van der Waals surface area contributed by atoms with Crippen molar-refractivity contribution >= 4 is 18.9 Å². The number of aliphatic imine (C=N–C) groups is 1. The zero-order chi connectivity index (χ0) is 16.8. The third-order valence-corrected chi connectivity index (χ3v) is 5.05. The summed E-state index contributed by atoms with van der Waals surface area (Å²) in [5.74, 6) is 0. The molecule has 0 radical (unpaired) electrons. The number of aromatic nitrogens is 1. The highest BCUT2D eigenvalue weighted by atomic mass is 31.1. The van der Waals surface area contributed by atoms with Gasteiger partial charge in [0, 0.05) is 11.3 Å². The molecular weight excluding hydrogens is 315 g/mol. The summed E-state index contributed by atoms with van der Waals surface area (Å²) >= 11 is 0. The van der Waals surface area contributed by atoms with Crippen molar-refractivity contribution in [2.45, 2.75) is 6.92 Å². The average molecular weight is 334 g/mol. The zero-order valence-electron chi connectivity index (χ0n) is 13.5. The van der Waals surface area contributed by atoms with Gasteiger partial charge in [-0.15, -0.1) is 0 Å². The Morgan fingerprint density at radius 1 is 0.917 bits per heavy atom. The predicted octanol–water partition coefficient (Wildman–Crippen LogP) is 4.40. The van der Waals surface area contributed by atoms with Crippen LogP contribution in [0.2, 0.25) is 0 Å². The van der Waals surface area contributed by atoms with Crippen molar-refractivity contribution in [1.82, 2.24) is 4.98 Å². The standard InChI is InChI=1S/C20H19N2OP/c1-16(17-9-4-2-5-10-17)21-15-24(23)20-14-8-13-19(22-20)18-11-6-3-7-12-18/h2-14,24H,15H2,1H3/b21-16+. The monoisotopic (exact) mass is 334 g/mol. The highest BCUT2D eigenvalue weighted by Gasteiger charge is 2.07. The Labute approximate surface area is 142 Å². The third-order valence-electron chi connectivity index (χ3n) is 3.76. The summed E-state index contributed by atoms with van der Waals surface area (Å²) in [4.78, 5) is 9.04. The fraction of sp³-hybridized carbons (Fsp3) is 0.100. The molecule has 0 saturated carbocycles. The van der Waals surface area contributed by atoms with Crippen LogP contribution in [0.5, 0.6) is 0 Å². The van der Waals surface area contributed by atoms with Gasteiger partial charge in [0.1, 0.15) is 7.80 Å². The molecule has 0 saturated heterocycles. The van der Waals surface area contributed by atoms with Crippen LogP contribution in [0.25, 0.3) is 11.3 Å². The van der Waals surface area contributed by atoms with Crippen LogP contribution < -0.4 is 5.44 Å². The summed E-state index contributed by atoms with van der Waals surface area (Å²) in [5.41, 5.74) is 4.45. The second kappa shape index (κ2) is 7.85. The lowest BCUT2D eigenvalue weighted by Crippen LogP contribution is -2.05. The van der Waals surface area contributed by atoms with Crippen LogP contribution in [-0.4, -0.2) is 17.0 Å². The SMILES string of the molecule is C/C(=N\C[PH](=O)c1cccc(-c2ccccc2)n1)c1ccccc1. The minimum Gasteiger partial charge on any atom is -0.318 e. The van der Waals surface area contributed by atoms with E-state index in [-0.39, 0.29) is 6.29 Å². The first kappa shape index (κ1) is 16.4. The Balaban J connectivity index is 1.76. The van der Waals surface area contributed by atoms with Gasteiger partial charge in [0.2, 0.25) is 0 Å². The van der Waals surface area contributed by atoms with Gasteiger partial charge in [-0.05, 0) is 24.6 Å². The van der Waals surface area contributed by atoms with E-state index < -0.39 is 7.80 Å². The molecule has 0 amide bonds. The summed E-state index contributed by atoms with van der Waals surface area (Å²) in [6.45, 7) is 1.94. The van der Waals surface area contributed by atoms with Crippen molar-refractivity contribution in [2.75, 3.05) is 6.29 Å². The van der Waals surface area contributed by atoms with Crippen molar-refractivity contribution in [1.29, 1.82) is 0 Å². The summed E-state index contributed by atoms with van der Waals surface area (Å²) in [5, 5.41) is 0. The highest BCUT2D eigenvalue weighted by molar-refractivity contribution is 7.53. The van der Waals surface area contributed by atoms with E-state index in [0.29, 0.717) is 5.44 Å². The Bertz CT molecular complexity index is 861. The lowest BCUT2D eigenvalue weighted by atomic mass is 10.1. The molecule has 24 heavy (non-hydrogen) atoms. The molecule has 3 aromatic rings. The largest absolute Gasteiger partial charge is 0.318 e. The first-order valence-corrected chi connectivity index (χ1v) is 9.48. The molecule has 0 aliphatic carbocycles. The van der Waals surface area contributed by atoms with E-state index in [1.807, 2.05) is 85.8 Å². The molecule has 120 valence electrons. The van der Waals surface area contributed by atoms with E-state index in [4.69, 9.17) is 0 Å². The van der Waals surface area contributed by atoms with E-state index in [1.54, 1.807) is 0 Å². The van der Waals surface area contributed by atoms with Crippen molar-refractivity contribution in [3.05, 3.63) is 84.4 Å². The fourth-order valence-electron chi connectivity index (χ4n) is 2.40. The van der Waals surface area contributed by atoms with E-state index in [1.165, 1.54) is 0 Å². The van der Waals surface area contributed by atoms with Crippen LogP contribution in [-0.2, 0) is 4.57 Å². The van der Waals surface area contributed by atoms with Crippen molar-refractivity contribution in [2.24, 2.45) is 4.99 Å². The molecule has 0 fully saturated rings. The summed E-state index contributed by atoms with van der Waals surface area (Å²) in [6.07, 6.45) is 0.288. The van der Waals surface area contributed by atoms with Crippen LogP contribution in [0.15, 0.2) is 83.9 Å². The van der Waals surface area contributed by atoms with Gasteiger partial charge in [-0.25, -0.2) is 4.98 Å². The quantitative estimate of drug-likeness (QED) is 0.513. The van der Waals surface area contributed by atoms with E-state index in [2.05, 4.69) is 9.98 Å². The smallest absolute Gasteiger partial charge is 0.142 e. The third kappa shape index (κ3) is 4.06. The number of rotatable bonds is 5. The van der Waals surface area contributed by atoms with Gasteiger partial charge >= 0.3 is 0 Å². The molecule has 3 rings (SSSR count). The number of benzene rings is 2. The van der Waals surface area contributed by atoms with E-state index in [9.17, 15) is 4.57 Å². The van der Waals surface area contributed by atoms with Gasteiger partial charge in [0.15, 0.2) is 0 Å². The molecule has 4 heteroatoms. The molecule has 2 aromatic carbocycles. The van der Waals surface area contributed by atoms with Crippen LogP contribution in [0.4, 0.5) is 0 Å². The summed E-state index contributed by atoms with van der Waals surface area (Å²) in [6, 6.07) is 25.5. The molecule has 1 unspecified atom stereocenters. The maximum atomic E-state index is 12.6. The predicted molar refractivity (Wildman–Crippen MR) is 102 cm³/mol. The van der Waals surface area contributed by atoms with Gasteiger partial charge in [-0.3, -0.25) is 4.99 Å². The van der Waals surface area contributed by atoms with Crippen LogP contribution in [0.3, 0.4) is 0 Å². The average Bonchev–Trinajstić information content (AvgIpc) is 2.67. The minimum atomic E-state index is -2.05. The first-order valence-electron chi connectivity index (χ1n) is 7.86. The van der Waals surface area contributed by atoms with Crippen LogP contribution in [0, 0.1) is 0 Å². The molecule has 1 heterocycles. The Morgan fingerprint density at radius 3 is 2.29 bits per heavy atom. The van der Waals surface area contributed by atoms with Gasteiger partial charge in [-0.2, -0.15) is 0 Å². The Kier molecular flexibility index (Phi) is 5.35. The minimum absolute atomic E-state index is 0.288. The van der Waals surface area contributed by atoms with Crippen molar-refractivity contribution in [3.8, 4) is 11.3 Å². The van der Waals surface area contributed by atoms with Gasteiger partial charge < -0.3 is 4.57 Å². The topological polar surface area (TPSA) is 42.3 Å². The molecule has 1 aromatic heterocycles.